The number of anilines is 1. The summed E-state index contributed by atoms with van der Waals surface area (Å²) in [6, 6.07) is 24.6. The van der Waals surface area contributed by atoms with Gasteiger partial charge in [-0.05, 0) is 79.1 Å². The van der Waals surface area contributed by atoms with Gasteiger partial charge in [-0.2, -0.15) is 0 Å². The van der Waals surface area contributed by atoms with Crippen LogP contribution in [0.1, 0.15) is 48.1 Å². The summed E-state index contributed by atoms with van der Waals surface area (Å²) in [5, 5.41) is 15.0. The third-order valence-electron chi connectivity index (χ3n) is 6.77. The van der Waals surface area contributed by atoms with Gasteiger partial charge in [-0.1, -0.05) is 60.1 Å². The number of nitrogens with one attached hydrogen (secondary N) is 1. The molecule has 190 valence electrons. The van der Waals surface area contributed by atoms with Crippen LogP contribution in [0.4, 0.5) is 5.69 Å². The van der Waals surface area contributed by atoms with Crippen molar-refractivity contribution in [1.29, 1.82) is 0 Å². The molecule has 0 fully saturated rings. The zero-order valence-electron chi connectivity index (χ0n) is 20.8. The molecule has 6 heteroatoms. The van der Waals surface area contributed by atoms with Gasteiger partial charge < -0.3 is 15.2 Å². The lowest BCUT2D eigenvalue weighted by molar-refractivity contribution is -0.140. The van der Waals surface area contributed by atoms with Crippen LogP contribution >= 0.6 is 11.6 Å². The van der Waals surface area contributed by atoms with Crippen molar-refractivity contribution in [1.82, 2.24) is 4.90 Å². The van der Waals surface area contributed by atoms with E-state index in [9.17, 15) is 9.90 Å². The number of hydrogen-bond acceptors (Lipinski definition) is 5. The summed E-state index contributed by atoms with van der Waals surface area (Å²) >= 11 is 6.20. The fourth-order valence-corrected chi connectivity index (χ4v) is 5.15. The standard InChI is InChI=1S/C30H35ClN2O3/c1-2-36-30(35)19-32-27-15-14-23-10-7-13-28(18-25(23)17-27)33(20-22-8-4-3-5-9-22)21-29(34)24-11-6-12-26(31)16-24/h3-6,8-9,11-12,14-17,28-29,32,34H,2,7,10,13,18-21H2,1H3/t28-,29-/m0/s1. The lowest BCUT2D eigenvalue weighted by Gasteiger charge is -2.33. The Balaban J connectivity index is 1.54. The number of rotatable bonds is 10. The molecule has 2 atom stereocenters. The van der Waals surface area contributed by atoms with Crippen LogP contribution in [0.5, 0.6) is 0 Å². The molecule has 1 aliphatic carbocycles. The van der Waals surface area contributed by atoms with Crippen molar-refractivity contribution in [3.05, 3.63) is 100 Å². The van der Waals surface area contributed by atoms with Crippen LogP contribution in [0.15, 0.2) is 72.8 Å². The van der Waals surface area contributed by atoms with Gasteiger partial charge in [0.1, 0.15) is 6.54 Å². The molecule has 3 aromatic rings. The van der Waals surface area contributed by atoms with Gasteiger partial charge in [0, 0.05) is 29.8 Å². The van der Waals surface area contributed by atoms with E-state index in [-0.39, 0.29) is 18.6 Å². The third kappa shape index (κ3) is 7.33. The number of aliphatic hydroxyl groups excluding tert-OH is 1. The second-order valence-electron chi connectivity index (χ2n) is 9.38. The minimum atomic E-state index is -0.632. The normalized spacial score (nSPS) is 16.2. The monoisotopic (exact) mass is 506 g/mol. The van der Waals surface area contributed by atoms with E-state index in [0.717, 1.165) is 43.5 Å². The maximum atomic E-state index is 11.8. The first-order valence-corrected chi connectivity index (χ1v) is 13.1. The molecule has 0 heterocycles. The Labute approximate surface area is 219 Å². The number of aliphatic hydroxyl groups is 1. The molecule has 0 saturated carbocycles. The quantitative estimate of drug-likeness (QED) is 0.269. The molecule has 1 aliphatic rings. The minimum Gasteiger partial charge on any atom is -0.465 e. The highest BCUT2D eigenvalue weighted by atomic mass is 35.5. The Bertz CT molecular complexity index is 1140. The maximum Gasteiger partial charge on any atom is 0.325 e. The Kier molecular flexibility index (Phi) is 9.40. The van der Waals surface area contributed by atoms with Crippen molar-refractivity contribution < 1.29 is 14.6 Å². The first-order chi connectivity index (χ1) is 17.5. The Morgan fingerprint density at radius 2 is 1.94 bits per heavy atom. The summed E-state index contributed by atoms with van der Waals surface area (Å²) in [6.07, 6.45) is 3.42. The zero-order chi connectivity index (χ0) is 25.3. The van der Waals surface area contributed by atoms with E-state index in [1.807, 2.05) is 43.3 Å². The summed E-state index contributed by atoms with van der Waals surface area (Å²) in [5.74, 6) is -0.255. The molecule has 0 aromatic heterocycles. The predicted octanol–water partition coefficient (Wildman–Crippen LogP) is 5.80. The van der Waals surface area contributed by atoms with Gasteiger partial charge in [0.15, 0.2) is 0 Å². The van der Waals surface area contributed by atoms with E-state index in [4.69, 9.17) is 16.3 Å². The van der Waals surface area contributed by atoms with Crippen molar-refractivity contribution in [2.45, 2.75) is 51.3 Å². The number of halogens is 1. The van der Waals surface area contributed by atoms with Crippen LogP contribution < -0.4 is 5.32 Å². The number of esters is 1. The summed E-state index contributed by atoms with van der Waals surface area (Å²) in [7, 11) is 0. The van der Waals surface area contributed by atoms with E-state index >= 15 is 0 Å². The number of fused-ring (bicyclic) bond motifs is 1. The highest BCUT2D eigenvalue weighted by molar-refractivity contribution is 6.30. The molecule has 36 heavy (non-hydrogen) atoms. The van der Waals surface area contributed by atoms with Crippen LogP contribution in [0.2, 0.25) is 5.02 Å². The molecular formula is C30H35ClN2O3. The zero-order valence-corrected chi connectivity index (χ0v) is 21.6. The number of ether oxygens (including phenoxy) is 1. The van der Waals surface area contributed by atoms with Gasteiger partial charge in [-0.3, -0.25) is 9.69 Å². The van der Waals surface area contributed by atoms with Crippen LogP contribution in [-0.4, -0.2) is 41.7 Å². The molecule has 5 nitrogen and oxygen atoms in total. The smallest absolute Gasteiger partial charge is 0.325 e. The van der Waals surface area contributed by atoms with Crippen molar-refractivity contribution in [2.75, 3.05) is 25.0 Å². The van der Waals surface area contributed by atoms with Gasteiger partial charge in [0.2, 0.25) is 0 Å². The number of carbonyl (C=O) groups is 1. The van der Waals surface area contributed by atoms with Crippen LogP contribution in [-0.2, 0) is 28.9 Å². The molecule has 0 saturated heterocycles. The number of aryl methyl sites for hydroxylation is 1. The Hall–Kier alpha value is -2.86. The van der Waals surface area contributed by atoms with Gasteiger partial charge >= 0.3 is 5.97 Å². The molecule has 0 spiro atoms. The van der Waals surface area contributed by atoms with E-state index < -0.39 is 6.10 Å². The third-order valence-corrected chi connectivity index (χ3v) is 7.01. The number of benzene rings is 3. The van der Waals surface area contributed by atoms with Crippen LogP contribution in [0, 0.1) is 0 Å². The average Bonchev–Trinajstić information content (AvgIpc) is 3.10. The lowest BCUT2D eigenvalue weighted by atomic mass is 9.99. The van der Waals surface area contributed by atoms with E-state index in [1.54, 1.807) is 0 Å². The lowest BCUT2D eigenvalue weighted by Crippen LogP contribution is -2.39. The molecule has 0 amide bonds. The average molecular weight is 507 g/mol. The summed E-state index contributed by atoms with van der Waals surface area (Å²) in [5.41, 5.74) is 5.64. The molecular weight excluding hydrogens is 472 g/mol. The molecule has 0 aliphatic heterocycles. The Morgan fingerprint density at radius 3 is 2.72 bits per heavy atom. The summed E-state index contributed by atoms with van der Waals surface area (Å²) < 4.78 is 5.04. The minimum absolute atomic E-state index is 0.155. The topological polar surface area (TPSA) is 61.8 Å². The maximum absolute atomic E-state index is 11.8. The number of hydrogen-bond donors (Lipinski definition) is 2. The van der Waals surface area contributed by atoms with Crippen molar-refractivity contribution >= 4 is 23.3 Å². The fourth-order valence-electron chi connectivity index (χ4n) is 4.95. The van der Waals surface area contributed by atoms with Crippen LogP contribution in [0.25, 0.3) is 0 Å². The molecule has 0 unspecified atom stereocenters. The molecule has 4 rings (SSSR count). The molecule has 3 aromatic carbocycles. The van der Waals surface area contributed by atoms with Crippen molar-refractivity contribution in [2.24, 2.45) is 0 Å². The van der Waals surface area contributed by atoms with E-state index in [1.165, 1.54) is 16.7 Å². The first-order valence-electron chi connectivity index (χ1n) is 12.7. The van der Waals surface area contributed by atoms with Crippen molar-refractivity contribution in [3.63, 3.8) is 0 Å². The van der Waals surface area contributed by atoms with Gasteiger partial charge in [-0.25, -0.2) is 0 Å². The number of carbonyl (C=O) groups excluding carboxylic acids is 1. The highest BCUT2D eigenvalue weighted by Gasteiger charge is 2.26. The Morgan fingerprint density at radius 1 is 1.11 bits per heavy atom. The summed E-state index contributed by atoms with van der Waals surface area (Å²) in [6.45, 7) is 3.63. The van der Waals surface area contributed by atoms with Gasteiger partial charge in [-0.15, -0.1) is 0 Å². The van der Waals surface area contributed by atoms with Crippen molar-refractivity contribution in [3.8, 4) is 0 Å². The second kappa shape index (κ2) is 12.9. The van der Waals surface area contributed by atoms with Crippen LogP contribution in [0.3, 0.4) is 0 Å². The van der Waals surface area contributed by atoms with Gasteiger partial charge in [0.05, 0.1) is 12.7 Å². The second-order valence-corrected chi connectivity index (χ2v) is 9.81. The SMILES string of the molecule is CCOC(=O)CNc1ccc2c(c1)C[C@@H](N(Cc1ccccc1)C[C@H](O)c1cccc(Cl)c1)CCC2. The molecule has 2 N–H and O–H groups in total. The molecule has 0 bridgehead atoms. The largest absolute Gasteiger partial charge is 0.465 e. The van der Waals surface area contributed by atoms with E-state index in [0.29, 0.717) is 18.2 Å². The van der Waals surface area contributed by atoms with Gasteiger partial charge in [0.25, 0.3) is 0 Å². The number of nitrogens with zero attached hydrogens (tertiary/aromatic N) is 1. The van der Waals surface area contributed by atoms with E-state index in [2.05, 4.69) is 46.6 Å². The fraction of sp³-hybridized carbons (Fsp3) is 0.367. The highest BCUT2D eigenvalue weighted by Crippen LogP contribution is 2.29. The molecule has 0 radical (unpaired) electrons. The first kappa shape index (κ1) is 26.2. The predicted molar refractivity (Wildman–Crippen MR) is 145 cm³/mol. The summed E-state index contributed by atoms with van der Waals surface area (Å²) in [4.78, 5) is 14.2.